The molecule has 1 amide bonds. The fraction of sp³-hybridized carbons (Fsp3) is 0.167. The van der Waals surface area contributed by atoms with Crippen LogP contribution in [0.1, 0.15) is 38.7 Å². The number of hydrogen-bond acceptors (Lipinski definition) is 5. The second-order valence-electron chi connectivity index (χ2n) is 7.65. The van der Waals surface area contributed by atoms with Crippen LogP contribution >= 0.6 is 0 Å². The molecule has 3 heterocycles. The standard InChI is InChI=1S/C24H19N5O2/c1-28-13-19(12-26-28)21-15-29(14-18-4-2-3-5-20(18)21)24(30)22-10-23(31-27-22)17-8-6-16(11-25)7-9-17/h2-10,12-13,21H,14-15H2,1H3. The Morgan fingerprint density at radius 2 is 2.00 bits per heavy atom. The molecule has 1 aliphatic heterocycles. The van der Waals surface area contributed by atoms with Crippen molar-refractivity contribution in [3.8, 4) is 17.4 Å². The van der Waals surface area contributed by atoms with Gasteiger partial charge in [-0.05, 0) is 41.0 Å². The topological polar surface area (TPSA) is 88.0 Å². The quantitative estimate of drug-likeness (QED) is 0.514. The Bertz CT molecular complexity index is 1300. The van der Waals surface area contributed by atoms with Gasteiger partial charge in [-0.25, -0.2) is 0 Å². The molecule has 0 radical (unpaired) electrons. The minimum atomic E-state index is -0.174. The SMILES string of the molecule is Cn1cc(C2CN(C(=O)c3cc(-c4ccc(C#N)cc4)on3)Cc3ccccc32)cn1. The first-order valence-electron chi connectivity index (χ1n) is 9.95. The number of amides is 1. The van der Waals surface area contributed by atoms with Crippen LogP contribution in [-0.4, -0.2) is 32.3 Å². The largest absolute Gasteiger partial charge is 0.355 e. The van der Waals surface area contributed by atoms with Crippen molar-refractivity contribution in [3.63, 3.8) is 0 Å². The smallest absolute Gasteiger partial charge is 0.276 e. The average molecular weight is 409 g/mol. The first-order chi connectivity index (χ1) is 15.1. The van der Waals surface area contributed by atoms with E-state index in [1.165, 1.54) is 5.56 Å². The maximum Gasteiger partial charge on any atom is 0.276 e. The predicted octanol–water partition coefficient (Wildman–Crippen LogP) is 3.73. The molecule has 0 aliphatic carbocycles. The Hall–Kier alpha value is -4.18. The molecule has 7 heteroatoms. The van der Waals surface area contributed by atoms with Crippen LogP contribution in [0.15, 0.2) is 71.5 Å². The van der Waals surface area contributed by atoms with Crippen LogP contribution in [0, 0.1) is 11.3 Å². The molecule has 0 spiro atoms. The first kappa shape index (κ1) is 18.8. The van der Waals surface area contributed by atoms with E-state index in [2.05, 4.69) is 28.5 Å². The second kappa shape index (κ2) is 7.58. The van der Waals surface area contributed by atoms with E-state index in [-0.39, 0.29) is 17.5 Å². The number of nitriles is 1. The van der Waals surface area contributed by atoms with Gasteiger partial charge in [-0.15, -0.1) is 0 Å². The molecule has 31 heavy (non-hydrogen) atoms. The number of aromatic nitrogens is 3. The number of rotatable bonds is 3. The molecule has 2 aromatic heterocycles. The molecule has 1 atom stereocenters. The van der Waals surface area contributed by atoms with E-state index >= 15 is 0 Å². The number of benzene rings is 2. The van der Waals surface area contributed by atoms with Gasteiger partial charge in [0.15, 0.2) is 11.5 Å². The van der Waals surface area contributed by atoms with Gasteiger partial charge in [0.25, 0.3) is 5.91 Å². The highest BCUT2D eigenvalue weighted by Crippen LogP contribution is 2.34. The fourth-order valence-corrected chi connectivity index (χ4v) is 4.05. The van der Waals surface area contributed by atoms with Crippen molar-refractivity contribution in [1.29, 1.82) is 5.26 Å². The lowest BCUT2D eigenvalue weighted by molar-refractivity contribution is 0.0714. The van der Waals surface area contributed by atoms with E-state index in [0.29, 0.717) is 24.4 Å². The van der Waals surface area contributed by atoms with Crippen molar-refractivity contribution in [2.45, 2.75) is 12.5 Å². The minimum absolute atomic E-state index is 0.0486. The van der Waals surface area contributed by atoms with Gasteiger partial charge in [-0.1, -0.05) is 29.4 Å². The van der Waals surface area contributed by atoms with Crippen LogP contribution in [0.5, 0.6) is 0 Å². The molecule has 4 aromatic rings. The molecule has 1 unspecified atom stereocenters. The van der Waals surface area contributed by atoms with E-state index in [9.17, 15) is 4.79 Å². The van der Waals surface area contributed by atoms with Crippen molar-refractivity contribution in [3.05, 3.63) is 94.9 Å². The summed E-state index contributed by atoms with van der Waals surface area (Å²) in [5.74, 6) is 0.369. The Morgan fingerprint density at radius 1 is 1.19 bits per heavy atom. The summed E-state index contributed by atoms with van der Waals surface area (Å²) in [6.07, 6.45) is 3.85. The van der Waals surface area contributed by atoms with Crippen molar-refractivity contribution in [1.82, 2.24) is 19.8 Å². The summed E-state index contributed by atoms with van der Waals surface area (Å²) in [4.78, 5) is 15.1. The molecule has 0 N–H and O–H groups in total. The minimum Gasteiger partial charge on any atom is -0.355 e. The third-order valence-corrected chi connectivity index (χ3v) is 5.64. The number of aryl methyl sites for hydroxylation is 1. The van der Waals surface area contributed by atoms with E-state index in [1.807, 2.05) is 31.6 Å². The number of carbonyl (C=O) groups is 1. The molecule has 5 rings (SSSR count). The summed E-state index contributed by atoms with van der Waals surface area (Å²) >= 11 is 0. The normalized spacial score (nSPS) is 15.4. The van der Waals surface area contributed by atoms with E-state index in [4.69, 9.17) is 9.78 Å². The lowest BCUT2D eigenvalue weighted by Gasteiger charge is -2.34. The lowest BCUT2D eigenvalue weighted by atomic mass is 9.86. The van der Waals surface area contributed by atoms with Gasteiger partial charge < -0.3 is 9.42 Å². The summed E-state index contributed by atoms with van der Waals surface area (Å²) in [6, 6.07) is 18.9. The molecular formula is C24H19N5O2. The molecule has 152 valence electrons. The van der Waals surface area contributed by atoms with E-state index in [1.54, 1.807) is 39.9 Å². The number of hydrogen-bond donors (Lipinski definition) is 0. The molecule has 1 aliphatic rings. The van der Waals surface area contributed by atoms with Gasteiger partial charge in [-0.3, -0.25) is 9.48 Å². The van der Waals surface area contributed by atoms with Gasteiger partial charge in [0.05, 0.1) is 17.8 Å². The van der Waals surface area contributed by atoms with Crippen molar-refractivity contribution >= 4 is 5.91 Å². The van der Waals surface area contributed by atoms with Crippen LogP contribution < -0.4 is 0 Å². The monoisotopic (exact) mass is 409 g/mol. The van der Waals surface area contributed by atoms with E-state index < -0.39 is 0 Å². The average Bonchev–Trinajstić information content (AvgIpc) is 3.47. The summed E-state index contributed by atoms with van der Waals surface area (Å²) in [5.41, 5.74) is 5.01. The lowest BCUT2D eigenvalue weighted by Crippen LogP contribution is -2.38. The van der Waals surface area contributed by atoms with E-state index in [0.717, 1.165) is 16.7 Å². The fourth-order valence-electron chi connectivity index (χ4n) is 4.05. The summed E-state index contributed by atoms with van der Waals surface area (Å²) in [6.45, 7) is 1.06. The van der Waals surface area contributed by atoms with Gasteiger partial charge >= 0.3 is 0 Å². The molecule has 0 fully saturated rings. The summed E-state index contributed by atoms with van der Waals surface area (Å²) < 4.78 is 7.20. The number of fused-ring (bicyclic) bond motifs is 1. The highest BCUT2D eigenvalue weighted by molar-refractivity contribution is 5.93. The highest BCUT2D eigenvalue weighted by Gasteiger charge is 2.31. The molecular weight excluding hydrogens is 390 g/mol. The zero-order valence-electron chi connectivity index (χ0n) is 16.9. The van der Waals surface area contributed by atoms with Gasteiger partial charge in [-0.2, -0.15) is 10.4 Å². The maximum absolute atomic E-state index is 13.3. The second-order valence-corrected chi connectivity index (χ2v) is 7.65. The highest BCUT2D eigenvalue weighted by atomic mass is 16.5. The molecule has 7 nitrogen and oxygen atoms in total. The van der Waals surface area contributed by atoms with Crippen molar-refractivity contribution in [2.75, 3.05) is 6.54 Å². The third-order valence-electron chi connectivity index (χ3n) is 5.64. The Morgan fingerprint density at radius 3 is 2.74 bits per heavy atom. The maximum atomic E-state index is 13.3. The third kappa shape index (κ3) is 3.49. The zero-order valence-corrected chi connectivity index (χ0v) is 16.9. The van der Waals surface area contributed by atoms with Crippen molar-refractivity contribution < 1.29 is 9.32 Å². The Kier molecular flexibility index (Phi) is 4.60. The Labute approximate surface area is 179 Å². The van der Waals surface area contributed by atoms with Crippen LogP contribution in [-0.2, 0) is 13.6 Å². The van der Waals surface area contributed by atoms with Crippen LogP contribution in [0.4, 0.5) is 0 Å². The van der Waals surface area contributed by atoms with Gasteiger partial charge in [0.1, 0.15) is 0 Å². The van der Waals surface area contributed by atoms with Crippen LogP contribution in [0.2, 0.25) is 0 Å². The number of nitrogens with zero attached hydrogens (tertiary/aromatic N) is 5. The molecule has 2 aromatic carbocycles. The molecule has 0 bridgehead atoms. The first-order valence-corrected chi connectivity index (χ1v) is 9.95. The van der Waals surface area contributed by atoms with Gasteiger partial charge in [0, 0.05) is 43.9 Å². The van der Waals surface area contributed by atoms with Crippen LogP contribution in [0.25, 0.3) is 11.3 Å². The van der Waals surface area contributed by atoms with Gasteiger partial charge in [0.2, 0.25) is 0 Å². The predicted molar refractivity (Wildman–Crippen MR) is 113 cm³/mol. The molecule has 0 saturated carbocycles. The Balaban J connectivity index is 1.43. The summed E-state index contributed by atoms with van der Waals surface area (Å²) in [7, 11) is 1.89. The zero-order chi connectivity index (χ0) is 21.4. The summed E-state index contributed by atoms with van der Waals surface area (Å²) in [5, 5.41) is 17.3. The van der Waals surface area contributed by atoms with Crippen molar-refractivity contribution in [2.24, 2.45) is 7.05 Å². The number of carbonyl (C=O) groups excluding carboxylic acids is 1. The molecule has 0 saturated heterocycles. The van der Waals surface area contributed by atoms with Crippen LogP contribution in [0.3, 0.4) is 0 Å².